The molecule has 31 heavy (non-hydrogen) atoms. The maximum Gasteiger partial charge on any atom is 0.313 e. The highest BCUT2D eigenvalue weighted by atomic mass is 32.1. The Hall–Kier alpha value is -1.97. The van der Waals surface area contributed by atoms with Crippen LogP contribution in [0.1, 0.15) is 69.4 Å². The number of anilines is 1. The third-order valence-corrected chi connectivity index (χ3v) is 7.60. The molecule has 0 aromatic carbocycles. The smallest absolute Gasteiger partial charge is 0.311 e. The normalized spacial score (nSPS) is 22.6. The Labute approximate surface area is 182 Å². The Morgan fingerprint density at radius 2 is 1.97 bits per heavy atom. The summed E-state index contributed by atoms with van der Waals surface area (Å²) in [5, 5.41) is 8.25. The Morgan fingerprint density at radius 1 is 1.29 bits per heavy atom. The summed E-state index contributed by atoms with van der Waals surface area (Å²) in [6.07, 6.45) is 3.10. The van der Waals surface area contributed by atoms with Crippen LogP contribution in [0.2, 0.25) is 0 Å². The second-order valence-corrected chi connectivity index (χ2v) is 10.7. The maximum atomic E-state index is 13.6. The van der Waals surface area contributed by atoms with Crippen molar-refractivity contribution in [2.45, 2.75) is 76.1 Å². The molecule has 2 aliphatic rings. The summed E-state index contributed by atoms with van der Waals surface area (Å²) in [5.74, 6) is -9.89. The molecule has 0 bridgehead atoms. The van der Waals surface area contributed by atoms with Crippen LogP contribution < -0.4 is 5.32 Å². The molecule has 2 aliphatic carbocycles. The van der Waals surface area contributed by atoms with Gasteiger partial charge in [-0.25, -0.2) is 4.98 Å². The van der Waals surface area contributed by atoms with E-state index in [1.54, 1.807) is 24.6 Å². The van der Waals surface area contributed by atoms with Crippen LogP contribution in [-0.2, 0) is 17.3 Å². The van der Waals surface area contributed by atoms with Crippen LogP contribution in [0, 0.1) is 5.92 Å². The van der Waals surface area contributed by atoms with Gasteiger partial charge in [0, 0.05) is 43.0 Å². The van der Waals surface area contributed by atoms with E-state index in [9.17, 15) is 22.4 Å². The maximum absolute atomic E-state index is 13.6. The van der Waals surface area contributed by atoms with Crippen molar-refractivity contribution in [3.63, 3.8) is 0 Å². The molecule has 2 heterocycles. The number of nitrogens with zero attached hydrogens (tertiary/aromatic N) is 3. The minimum absolute atomic E-state index is 0.110. The second kappa shape index (κ2) is 7.28. The van der Waals surface area contributed by atoms with Gasteiger partial charge in [-0.05, 0) is 18.8 Å². The first kappa shape index (κ1) is 22.2. The fraction of sp³-hybridized carbons (Fsp3) is 0.667. The first-order valence-corrected chi connectivity index (χ1v) is 11.2. The quantitative estimate of drug-likeness (QED) is 0.583. The molecule has 170 valence electrons. The van der Waals surface area contributed by atoms with Gasteiger partial charge in [0.2, 0.25) is 5.91 Å². The van der Waals surface area contributed by atoms with Gasteiger partial charge in [-0.15, -0.1) is 11.3 Å². The minimum atomic E-state index is -4.15. The van der Waals surface area contributed by atoms with Gasteiger partial charge in [-0.1, -0.05) is 27.2 Å². The molecule has 0 aliphatic heterocycles. The lowest BCUT2D eigenvalue weighted by Crippen LogP contribution is -2.59. The van der Waals surface area contributed by atoms with Crippen molar-refractivity contribution in [3.8, 4) is 10.6 Å². The van der Waals surface area contributed by atoms with Gasteiger partial charge in [0.05, 0.1) is 9.88 Å². The van der Waals surface area contributed by atoms with Gasteiger partial charge < -0.3 is 5.32 Å². The molecule has 0 spiro atoms. The summed E-state index contributed by atoms with van der Waals surface area (Å²) >= 11 is 1.54. The number of nitrogens with one attached hydrogen (secondary N) is 1. The van der Waals surface area contributed by atoms with Gasteiger partial charge in [0.1, 0.15) is 11.5 Å². The number of rotatable bonds is 5. The fourth-order valence-corrected chi connectivity index (χ4v) is 5.01. The molecule has 1 amide bonds. The summed E-state index contributed by atoms with van der Waals surface area (Å²) in [5.41, 5.74) is 1.49. The Kier molecular flexibility index (Phi) is 5.22. The highest BCUT2D eigenvalue weighted by Gasteiger charge is 2.71. The molecule has 1 atom stereocenters. The van der Waals surface area contributed by atoms with E-state index in [0.717, 1.165) is 40.4 Å². The summed E-state index contributed by atoms with van der Waals surface area (Å²) in [6.45, 7) is 6.23. The van der Waals surface area contributed by atoms with E-state index in [0.29, 0.717) is 5.82 Å². The van der Waals surface area contributed by atoms with Crippen LogP contribution >= 0.6 is 11.3 Å². The molecule has 2 aromatic rings. The van der Waals surface area contributed by atoms with Crippen LogP contribution in [0.4, 0.5) is 23.4 Å². The molecule has 5 nitrogen and oxygen atoms in total. The van der Waals surface area contributed by atoms with E-state index in [4.69, 9.17) is 0 Å². The standard InChI is InChI=1S/C21H26F4N4OS/c1-19(2,3)18-26-10-13(31-18)16-15(11-6-5-7-11)17(29(4)28-16)27-14(30)8-12-9-20(22,23)21(12,24)25/h10-12H,5-9H2,1-4H3,(H,27,30)/t12-/m0/s1. The largest absolute Gasteiger partial charge is 0.313 e. The lowest BCUT2D eigenvalue weighted by molar-refractivity contribution is -0.313. The van der Waals surface area contributed by atoms with Crippen molar-refractivity contribution in [2.75, 3.05) is 5.32 Å². The fourth-order valence-electron chi connectivity index (χ4n) is 4.03. The number of aromatic nitrogens is 3. The Bertz CT molecular complexity index is 1000. The average molecular weight is 459 g/mol. The van der Waals surface area contributed by atoms with E-state index in [-0.39, 0.29) is 11.3 Å². The predicted octanol–water partition coefficient (Wildman–Crippen LogP) is 5.73. The number of hydrogen-bond acceptors (Lipinski definition) is 4. The molecule has 0 radical (unpaired) electrons. The number of halogens is 4. The SMILES string of the molecule is Cn1nc(-c2cnc(C(C)(C)C)s2)c(C2CCC2)c1NC(=O)C[C@H]1CC(F)(F)C1(F)F. The highest BCUT2D eigenvalue weighted by Crippen LogP contribution is 2.56. The zero-order valence-electron chi connectivity index (χ0n) is 17.9. The molecular formula is C21H26F4N4OS. The van der Waals surface area contributed by atoms with E-state index in [1.807, 2.05) is 0 Å². The van der Waals surface area contributed by atoms with Gasteiger partial charge in [0.25, 0.3) is 0 Å². The van der Waals surface area contributed by atoms with Crippen molar-refractivity contribution in [1.29, 1.82) is 0 Å². The molecule has 1 N–H and O–H groups in total. The van der Waals surface area contributed by atoms with Gasteiger partial charge in [-0.3, -0.25) is 9.48 Å². The zero-order chi connectivity index (χ0) is 22.8. The molecule has 10 heteroatoms. The van der Waals surface area contributed by atoms with Gasteiger partial charge >= 0.3 is 11.8 Å². The third kappa shape index (κ3) is 3.76. The third-order valence-electron chi connectivity index (χ3n) is 6.17. The zero-order valence-corrected chi connectivity index (χ0v) is 18.8. The molecular weight excluding hydrogens is 432 g/mol. The molecule has 2 fully saturated rings. The van der Waals surface area contributed by atoms with E-state index >= 15 is 0 Å². The number of alkyl halides is 4. The van der Waals surface area contributed by atoms with Crippen molar-refractivity contribution in [3.05, 3.63) is 16.8 Å². The number of carbonyl (C=O) groups excluding carboxylic acids is 1. The number of thiazole rings is 1. The summed E-state index contributed by atoms with van der Waals surface area (Å²) in [7, 11) is 1.68. The summed E-state index contributed by atoms with van der Waals surface area (Å²) < 4.78 is 54.9. The van der Waals surface area contributed by atoms with E-state index in [1.165, 1.54) is 4.68 Å². The van der Waals surface area contributed by atoms with Crippen LogP contribution in [0.5, 0.6) is 0 Å². The van der Waals surface area contributed by atoms with Crippen LogP contribution in [0.25, 0.3) is 10.6 Å². The lowest BCUT2D eigenvalue weighted by atomic mass is 9.74. The first-order valence-electron chi connectivity index (χ1n) is 10.4. The Balaban J connectivity index is 1.60. The van der Waals surface area contributed by atoms with Crippen molar-refractivity contribution in [1.82, 2.24) is 14.8 Å². The van der Waals surface area contributed by atoms with Crippen LogP contribution in [0.3, 0.4) is 0 Å². The number of hydrogen-bond donors (Lipinski definition) is 1. The number of aryl methyl sites for hydroxylation is 1. The minimum Gasteiger partial charge on any atom is -0.311 e. The van der Waals surface area contributed by atoms with Crippen LogP contribution in [-0.4, -0.2) is 32.5 Å². The number of carbonyl (C=O) groups is 1. The molecule has 4 rings (SSSR count). The Morgan fingerprint density at radius 3 is 2.45 bits per heavy atom. The highest BCUT2D eigenvalue weighted by molar-refractivity contribution is 7.15. The number of amides is 1. The molecule has 0 unspecified atom stereocenters. The monoisotopic (exact) mass is 458 g/mol. The topological polar surface area (TPSA) is 59.8 Å². The van der Waals surface area contributed by atoms with Gasteiger partial charge in [0.15, 0.2) is 0 Å². The average Bonchev–Trinajstić information content (AvgIpc) is 3.20. The molecule has 2 aromatic heterocycles. The van der Waals surface area contributed by atoms with Crippen molar-refractivity contribution >= 4 is 23.1 Å². The van der Waals surface area contributed by atoms with Crippen molar-refractivity contribution < 1.29 is 22.4 Å². The van der Waals surface area contributed by atoms with Crippen molar-refractivity contribution in [2.24, 2.45) is 13.0 Å². The predicted molar refractivity (Wildman–Crippen MR) is 111 cm³/mol. The molecule has 0 saturated heterocycles. The van der Waals surface area contributed by atoms with Crippen LogP contribution in [0.15, 0.2) is 6.20 Å². The lowest BCUT2D eigenvalue weighted by Gasteiger charge is -2.43. The summed E-state index contributed by atoms with van der Waals surface area (Å²) in [6, 6.07) is 0. The summed E-state index contributed by atoms with van der Waals surface area (Å²) in [4.78, 5) is 17.9. The first-order chi connectivity index (χ1) is 14.3. The van der Waals surface area contributed by atoms with E-state index in [2.05, 4.69) is 36.2 Å². The molecule has 2 saturated carbocycles. The van der Waals surface area contributed by atoms with Gasteiger partial charge in [-0.2, -0.15) is 22.7 Å². The van der Waals surface area contributed by atoms with E-state index < -0.39 is 36.5 Å². The second-order valence-electron chi connectivity index (χ2n) is 9.62.